The Morgan fingerprint density at radius 3 is 2.27 bits per heavy atom. The van der Waals surface area contributed by atoms with E-state index < -0.39 is 10.0 Å². The number of nitrogens with two attached hydrogens (primary N) is 1. The highest BCUT2D eigenvalue weighted by atomic mass is 79.9. The molecule has 0 heterocycles. The van der Waals surface area contributed by atoms with Crippen LogP contribution in [-0.2, 0) is 22.9 Å². The molecule has 0 spiro atoms. The van der Waals surface area contributed by atoms with Crippen molar-refractivity contribution in [3.63, 3.8) is 0 Å². The van der Waals surface area contributed by atoms with E-state index in [0.29, 0.717) is 5.56 Å². The maximum absolute atomic E-state index is 11.8. The standard InChI is InChI=1S/C17H20BrNO2S/c1-11-10-12(2)17(22(19,20)21)13(3)15(11)9-8-14-6-4-5-7-16(14)18/h4-7,10H,8-9H2,1-3H3,(H2,19,20,21). The summed E-state index contributed by atoms with van der Waals surface area (Å²) < 4.78 is 24.7. The molecule has 0 amide bonds. The zero-order chi connectivity index (χ0) is 16.5. The lowest BCUT2D eigenvalue weighted by molar-refractivity contribution is 0.596. The lowest BCUT2D eigenvalue weighted by atomic mass is 9.94. The maximum Gasteiger partial charge on any atom is 0.238 e. The van der Waals surface area contributed by atoms with Crippen LogP contribution in [-0.4, -0.2) is 8.42 Å². The molecule has 0 radical (unpaired) electrons. The van der Waals surface area contributed by atoms with Gasteiger partial charge in [0.1, 0.15) is 0 Å². The van der Waals surface area contributed by atoms with Gasteiger partial charge in [-0.3, -0.25) is 0 Å². The number of rotatable bonds is 4. The summed E-state index contributed by atoms with van der Waals surface area (Å²) in [5.41, 5.74) is 4.85. The van der Waals surface area contributed by atoms with Crippen molar-refractivity contribution >= 4 is 26.0 Å². The van der Waals surface area contributed by atoms with E-state index in [1.165, 1.54) is 5.56 Å². The predicted molar refractivity (Wildman–Crippen MR) is 93.6 cm³/mol. The van der Waals surface area contributed by atoms with Gasteiger partial charge in [-0.25, -0.2) is 13.6 Å². The minimum Gasteiger partial charge on any atom is -0.225 e. The van der Waals surface area contributed by atoms with E-state index in [0.717, 1.165) is 34.0 Å². The minimum atomic E-state index is -3.70. The van der Waals surface area contributed by atoms with Crippen molar-refractivity contribution in [1.82, 2.24) is 0 Å². The number of primary sulfonamides is 1. The molecule has 3 nitrogen and oxygen atoms in total. The molecule has 118 valence electrons. The van der Waals surface area contributed by atoms with E-state index >= 15 is 0 Å². The largest absolute Gasteiger partial charge is 0.238 e. The lowest BCUT2D eigenvalue weighted by Gasteiger charge is -2.16. The Morgan fingerprint density at radius 2 is 1.68 bits per heavy atom. The molecular formula is C17H20BrNO2S. The molecule has 2 N–H and O–H groups in total. The smallest absolute Gasteiger partial charge is 0.225 e. The summed E-state index contributed by atoms with van der Waals surface area (Å²) in [4.78, 5) is 0.264. The molecule has 0 fully saturated rings. The van der Waals surface area contributed by atoms with Gasteiger partial charge in [-0.1, -0.05) is 40.2 Å². The van der Waals surface area contributed by atoms with Gasteiger partial charge in [-0.2, -0.15) is 0 Å². The normalized spacial score (nSPS) is 11.7. The zero-order valence-corrected chi connectivity index (χ0v) is 15.4. The predicted octanol–water partition coefficient (Wildman–Crippen LogP) is 3.81. The summed E-state index contributed by atoms with van der Waals surface area (Å²) in [5.74, 6) is 0. The van der Waals surface area contributed by atoms with Crippen molar-refractivity contribution < 1.29 is 8.42 Å². The molecule has 0 aliphatic rings. The molecule has 0 atom stereocenters. The van der Waals surface area contributed by atoms with Crippen LogP contribution in [0, 0.1) is 20.8 Å². The Kier molecular flexibility index (Phi) is 5.10. The number of hydrogen-bond acceptors (Lipinski definition) is 2. The van der Waals surface area contributed by atoms with Gasteiger partial charge in [0, 0.05) is 4.47 Å². The molecular weight excluding hydrogens is 362 g/mol. The molecule has 0 saturated carbocycles. The molecule has 0 saturated heterocycles. The van der Waals surface area contributed by atoms with Crippen molar-refractivity contribution in [3.05, 3.63) is 62.6 Å². The van der Waals surface area contributed by atoms with Crippen LogP contribution in [0.15, 0.2) is 39.7 Å². The van der Waals surface area contributed by atoms with Crippen molar-refractivity contribution in [2.24, 2.45) is 5.14 Å². The molecule has 0 aliphatic carbocycles. The highest BCUT2D eigenvalue weighted by Gasteiger charge is 2.19. The Morgan fingerprint density at radius 1 is 1.05 bits per heavy atom. The Hall–Kier alpha value is -1.17. The third-order valence-electron chi connectivity index (χ3n) is 3.95. The van der Waals surface area contributed by atoms with Crippen LogP contribution in [0.5, 0.6) is 0 Å². The van der Waals surface area contributed by atoms with Crippen LogP contribution in [0.1, 0.15) is 27.8 Å². The highest BCUT2D eigenvalue weighted by molar-refractivity contribution is 9.10. The second-order valence-electron chi connectivity index (χ2n) is 5.58. The van der Waals surface area contributed by atoms with E-state index in [2.05, 4.69) is 22.0 Å². The Bertz CT molecular complexity index is 814. The van der Waals surface area contributed by atoms with Crippen molar-refractivity contribution in [3.8, 4) is 0 Å². The van der Waals surface area contributed by atoms with Gasteiger partial charge in [0.2, 0.25) is 10.0 Å². The summed E-state index contributed by atoms with van der Waals surface area (Å²) in [7, 11) is -3.70. The van der Waals surface area contributed by atoms with Crippen LogP contribution in [0.3, 0.4) is 0 Å². The Balaban J connectivity index is 2.42. The van der Waals surface area contributed by atoms with Crippen LogP contribution < -0.4 is 5.14 Å². The van der Waals surface area contributed by atoms with Crippen LogP contribution >= 0.6 is 15.9 Å². The topological polar surface area (TPSA) is 60.2 Å². The number of benzene rings is 2. The van der Waals surface area contributed by atoms with Gasteiger partial charge in [-0.05, 0) is 67.5 Å². The zero-order valence-electron chi connectivity index (χ0n) is 13.0. The summed E-state index contributed by atoms with van der Waals surface area (Å²) in [6.07, 6.45) is 1.62. The van der Waals surface area contributed by atoms with Crippen molar-refractivity contribution in [2.75, 3.05) is 0 Å². The van der Waals surface area contributed by atoms with Crippen molar-refractivity contribution in [2.45, 2.75) is 38.5 Å². The fraction of sp³-hybridized carbons (Fsp3) is 0.294. The molecule has 2 rings (SSSR count). The molecule has 5 heteroatoms. The fourth-order valence-electron chi connectivity index (χ4n) is 2.99. The van der Waals surface area contributed by atoms with Crippen LogP contribution in [0.4, 0.5) is 0 Å². The highest BCUT2D eigenvalue weighted by Crippen LogP contribution is 2.27. The summed E-state index contributed by atoms with van der Waals surface area (Å²) in [6, 6.07) is 9.98. The summed E-state index contributed by atoms with van der Waals surface area (Å²) in [6.45, 7) is 5.65. The molecule has 2 aromatic rings. The molecule has 22 heavy (non-hydrogen) atoms. The lowest BCUT2D eigenvalue weighted by Crippen LogP contribution is -2.17. The van der Waals surface area contributed by atoms with Crippen LogP contribution in [0.25, 0.3) is 0 Å². The number of hydrogen-bond donors (Lipinski definition) is 1. The number of aryl methyl sites for hydroxylation is 3. The van der Waals surface area contributed by atoms with Crippen LogP contribution in [0.2, 0.25) is 0 Å². The maximum atomic E-state index is 11.8. The molecule has 2 aromatic carbocycles. The molecule has 0 aromatic heterocycles. The van der Waals surface area contributed by atoms with E-state index in [-0.39, 0.29) is 4.90 Å². The van der Waals surface area contributed by atoms with E-state index in [1.807, 2.05) is 38.1 Å². The van der Waals surface area contributed by atoms with E-state index in [4.69, 9.17) is 5.14 Å². The van der Waals surface area contributed by atoms with Gasteiger partial charge in [0.25, 0.3) is 0 Å². The summed E-state index contributed by atoms with van der Waals surface area (Å²) >= 11 is 3.55. The summed E-state index contributed by atoms with van der Waals surface area (Å²) in [5, 5.41) is 5.37. The first-order valence-corrected chi connectivity index (χ1v) is 9.41. The first kappa shape index (κ1) is 17.2. The first-order valence-electron chi connectivity index (χ1n) is 7.07. The second kappa shape index (κ2) is 6.52. The molecule has 0 bridgehead atoms. The van der Waals surface area contributed by atoms with Gasteiger partial charge >= 0.3 is 0 Å². The average Bonchev–Trinajstić information content (AvgIpc) is 2.38. The molecule has 0 unspecified atom stereocenters. The fourth-order valence-corrected chi connectivity index (χ4v) is 4.53. The van der Waals surface area contributed by atoms with E-state index in [9.17, 15) is 8.42 Å². The number of sulfonamides is 1. The van der Waals surface area contributed by atoms with Gasteiger partial charge in [0.15, 0.2) is 0 Å². The third-order valence-corrected chi connectivity index (χ3v) is 5.92. The Labute approximate surface area is 140 Å². The van der Waals surface area contributed by atoms with Gasteiger partial charge < -0.3 is 0 Å². The van der Waals surface area contributed by atoms with Gasteiger partial charge in [0.05, 0.1) is 4.90 Å². The van der Waals surface area contributed by atoms with Crippen molar-refractivity contribution in [1.29, 1.82) is 0 Å². The monoisotopic (exact) mass is 381 g/mol. The average molecular weight is 382 g/mol. The van der Waals surface area contributed by atoms with E-state index in [1.54, 1.807) is 6.92 Å². The number of halogens is 1. The second-order valence-corrected chi connectivity index (χ2v) is 7.93. The minimum absolute atomic E-state index is 0.264. The first-order chi connectivity index (χ1) is 10.2. The SMILES string of the molecule is Cc1cc(C)c(S(N)(=O)=O)c(C)c1CCc1ccccc1Br. The third kappa shape index (κ3) is 3.59. The molecule has 0 aliphatic heterocycles. The van der Waals surface area contributed by atoms with Gasteiger partial charge in [-0.15, -0.1) is 0 Å². The quantitative estimate of drug-likeness (QED) is 0.874.